The van der Waals surface area contributed by atoms with Gasteiger partial charge in [-0.3, -0.25) is 4.79 Å². The first-order valence-corrected chi connectivity index (χ1v) is 10.2. The van der Waals surface area contributed by atoms with E-state index in [0.29, 0.717) is 6.42 Å². The fourth-order valence-electron chi connectivity index (χ4n) is 3.04. The van der Waals surface area contributed by atoms with Crippen molar-refractivity contribution in [2.75, 3.05) is 0 Å². The maximum absolute atomic E-state index is 13.1. The van der Waals surface area contributed by atoms with E-state index >= 15 is 0 Å². The number of thiophene rings is 1. The molecule has 2 atom stereocenters. The summed E-state index contributed by atoms with van der Waals surface area (Å²) in [7, 11) is 0. The Hall–Kier alpha value is -2.75. The normalized spacial score (nSPS) is 13.4. The van der Waals surface area contributed by atoms with E-state index in [0.717, 1.165) is 22.4 Å². The van der Waals surface area contributed by atoms with Crippen LogP contribution >= 0.6 is 11.3 Å². The molecular weight excluding hydrogens is 364 g/mol. The highest BCUT2D eigenvalue weighted by Crippen LogP contribution is 2.34. The maximum atomic E-state index is 13.1. The second kappa shape index (κ2) is 10.5. The molecule has 0 aliphatic carbocycles. The zero-order chi connectivity index (χ0) is 20.5. The summed E-state index contributed by atoms with van der Waals surface area (Å²) in [5, 5.41) is 2.03. The Morgan fingerprint density at radius 3 is 2.54 bits per heavy atom. The van der Waals surface area contributed by atoms with Gasteiger partial charge < -0.3 is 4.74 Å². The van der Waals surface area contributed by atoms with Crippen LogP contribution in [-0.4, -0.2) is 12.1 Å². The number of ether oxygens (including phenoxy) is 1. The number of carbonyl (C=O) groups is 1. The maximum Gasteiger partial charge on any atom is 0.316 e. The number of hydrogen-bond acceptors (Lipinski definition) is 3. The van der Waals surface area contributed by atoms with Gasteiger partial charge in [0.05, 0.1) is 5.92 Å². The van der Waals surface area contributed by atoms with Gasteiger partial charge >= 0.3 is 5.97 Å². The van der Waals surface area contributed by atoms with Crippen LogP contribution in [0.25, 0.3) is 0 Å². The summed E-state index contributed by atoms with van der Waals surface area (Å²) in [4.78, 5) is 14.1. The van der Waals surface area contributed by atoms with E-state index < -0.39 is 6.10 Å². The third-order valence-corrected chi connectivity index (χ3v) is 5.60. The van der Waals surface area contributed by atoms with Crippen molar-refractivity contribution in [2.24, 2.45) is 5.92 Å². The van der Waals surface area contributed by atoms with E-state index in [1.54, 1.807) is 11.3 Å². The lowest BCUT2D eigenvalue weighted by atomic mass is 9.90. The monoisotopic (exact) mass is 390 g/mol. The van der Waals surface area contributed by atoms with E-state index in [1.165, 1.54) is 5.56 Å². The summed E-state index contributed by atoms with van der Waals surface area (Å²) in [6, 6.07) is 12.3. The Morgan fingerprint density at radius 1 is 1.21 bits per heavy atom. The topological polar surface area (TPSA) is 26.3 Å². The molecule has 0 spiro atoms. The SMILES string of the molecule is C#CCC=C(C)C(C#C)OC(=O)C(c1sccc1Cc1ccccc1)C(C)C. The average Bonchev–Trinajstić information content (AvgIpc) is 3.12. The van der Waals surface area contributed by atoms with E-state index in [2.05, 4.69) is 30.0 Å². The number of terminal acetylenes is 2. The molecule has 3 heteroatoms. The molecule has 0 saturated carbocycles. The van der Waals surface area contributed by atoms with Crippen LogP contribution in [0.15, 0.2) is 53.4 Å². The van der Waals surface area contributed by atoms with Gasteiger partial charge in [-0.05, 0) is 47.4 Å². The lowest BCUT2D eigenvalue weighted by Gasteiger charge is -2.22. The fourth-order valence-corrected chi connectivity index (χ4v) is 4.22. The van der Waals surface area contributed by atoms with Gasteiger partial charge in [-0.25, -0.2) is 0 Å². The molecule has 2 nitrogen and oxygen atoms in total. The van der Waals surface area contributed by atoms with E-state index in [-0.39, 0.29) is 17.8 Å². The third-order valence-electron chi connectivity index (χ3n) is 4.56. The van der Waals surface area contributed by atoms with Crippen molar-refractivity contribution < 1.29 is 9.53 Å². The highest BCUT2D eigenvalue weighted by molar-refractivity contribution is 7.10. The predicted molar refractivity (Wildman–Crippen MR) is 117 cm³/mol. The molecule has 0 saturated heterocycles. The van der Waals surface area contributed by atoms with Crippen LogP contribution in [0.1, 0.15) is 49.1 Å². The average molecular weight is 391 g/mol. The molecule has 0 amide bonds. The number of hydrogen-bond donors (Lipinski definition) is 0. The predicted octanol–water partition coefficient (Wildman–Crippen LogP) is 5.59. The largest absolute Gasteiger partial charge is 0.444 e. The third kappa shape index (κ3) is 5.62. The van der Waals surface area contributed by atoms with E-state index in [9.17, 15) is 4.79 Å². The van der Waals surface area contributed by atoms with Crippen molar-refractivity contribution in [1.82, 2.24) is 0 Å². The lowest BCUT2D eigenvalue weighted by Crippen LogP contribution is -2.26. The summed E-state index contributed by atoms with van der Waals surface area (Å²) in [6.45, 7) is 5.90. The van der Waals surface area contributed by atoms with Gasteiger partial charge in [-0.1, -0.05) is 56.2 Å². The second-order valence-corrected chi connectivity index (χ2v) is 7.98. The highest BCUT2D eigenvalue weighted by Gasteiger charge is 2.31. The first kappa shape index (κ1) is 21.5. The van der Waals surface area contributed by atoms with Gasteiger partial charge in [0.1, 0.15) is 0 Å². The zero-order valence-electron chi connectivity index (χ0n) is 16.6. The first-order valence-electron chi connectivity index (χ1n) is 9.34. The Balaban J connectivity index is 2.24. The molecule has 0 N–H and O–H groups in total. The molecule has 0 fully saturated rings. The Kier molecular flexibility index (Phi) is 8.12. The number of esters is 1. The zero-order valence-corrected chi connectivity index (χ0v) is 17.5. The van der Waals surface area contributed by atoms with Crippen LogP contribution in [0.3, 0.4) is 0 Å². The molecular formula is C25H26O2S. The van der Waals surface area contributed by atoms with Crippen LogP contribution in [0.5, 0.6) is 0 Å². The standard InChI is InChI=1S/C25H26O2S/c1-6-8-12-19(5)22(7-2)27-25(26)23(18(3)4)24-21(15-16-28-24)17-20-13-10-9-11-14-20/h1-2,9-16,18,22-23H,8,17H2,3-5H3. The van der Waals surface area contributed by atoms with Crippen LogP contribution in [0.4, 0.5) is 0 Å². The van der Waals surface area contributed by atoms with Crippen LogP contribution in [0.2, 0.25) is 0 Å². The molecule has 0 aliphatic rings. The molecule has 1 aromatic heterocycles. The van der Waals surface area contributed by atoms with E-state index in [4.69, 9.17) is 17.6 Å². The van der Waals surface area contributed by atoms with Crippen molar-refractivity contribution >= 4 is 17.3 Å². The molecule has 2 rings (SSSR count). The molecule has 1 aromatic carbocycles. The molecule has 2 aromatic rings. The minimum atomic E-state index is -0.695. The lowest BCUT2D eigenvalue weighted by molar-refractivity contribution is -0.148. The molecule has 28 heavy (non-hydrogen) atoms. The van der Waals surface area contributed by atoms with Gasteiger partial charge in [-0.15, -0.1) is 30.1 Å². The fraction of sp³-hybridized carbons (Fsp3) is 0.320. The van der Waals surface area contributed by atoms with Crippen LogP contribution < -0.4 is 0 Å². The summed E-state index contributed by atoms with van der Waals surface area (Å²) < 4.78 is 5.71. The van der Waals surface area contributed by atoms with Crippen molar-refractivity contribution in [1.29, 1.82) is 0 Å². The van der Waals surface area contributed by atoms with Crippen LogP contribution in [-0.2, 0) is 16.0 Å². The first-order chi connectivity index (χ1) is 13.5. The van der Waals surface area contributed by atoms with Crippen molar-refractivity contribution in [3.63, 3.8) is 0 Å². The Labute approximate surface area is 172 Å². The quantitative estimate of drug-likeness (QED) is 0.333. The molecule has 144 valence electrons. The summed E-state index contributed by atoms with van der Waals surface area (Å²) >= 11 is 1.60. The van der Waals surface area contributed by atoms with Crippen molar-refractivity contribution in [3.05, 3.63) is 69.4 Å². The Morgan fingerprint density at radius 2 is 1.93 bits per heavy atom. The number of benzene rings is 1. The number of allylic oxidation sites excluding steroid dienone is 1. The molecule has 0 radical (unpaired) electrons. The minimum Gasteiger partial charge on any atom is -0.444 e. The van der Waals surface area contributed by atoms with Crippen molar-refractivity contribution in [3.8, 4) is 24.7 Å². The van der Waals surface area contributed by atoms with Gasteiger partial charge in [0.2, 0.25) is 0 Å². The van der Waals surface area contributed by atoms with Crippen LogP contribution in [0, 0.1) is 30.6 Å². The number of carbonyl (C=O) groups excluding carboxylic acids is 1. The smallest absolute Gasteiger partial charge is 0.316 e. The summed E-state index contributed by atoms with van der Waals surface area (Å²) in [5.74, 6) is 4.55. The molecule has 1 heterocycles. The van der Waals surface area contributed by atoms with E-state index in [1.807, 2.05) is 50.4 Å². The molecule has 2 unspecified atom stereocenters. The van der Waals surface area contributed by atoms with Gasteiger partial charge in [-0.2, -0.15) is 0 Å². The number of rotatable bonds is 8. The minimum absolute atomic E-state index is 0.0918. The van der Waals surface area contributed by atoms with Gasteiger partial charge in [0, 0.05) is 11.3 Å². The summed E-state index contributed by atoms with van der Waals surface area (Å²) in [6.07, 6.45) is 13.3. The second-order valence-electron chi connectivity index (χ2n) is 7.03. The molecule has 0 bridgehead atoms. The van der Waals surface area contributed by atoms with Gasteiger partial charge in [0.25, 0.3) is 0 Å². The van der Waals surface area contributed by atoms with Crippen molar-refractivity contribution in [2.45, 2.75) is 45.6 Å². The highest BCUT2D eigenvalue weighted by atomic mass is 32.1. The Bertz CT molecular complexity index is 891. The molecule has 0 aliphatic heterocycles. The van der Waals surface area contributed by atoms with Gasteiger partial charge in [0.15, 0.2) is 6.10 Å². The summed E-state index contributed by atoms with van der Waals surface area (Å²) in [5.41, 5.74) is 3.16.